The van der Waals surface area contributed by atoms with E-state index >= 15 is 0 Å². The third-order valence-corrected chi connectivity index (χ3v) is 8.80. The Kier molecular flexibility index (Phi) is 8.33. The summed E-state index contributed by atoms with van der Waals surface area (Å²) in [4.78, 5) is 12.7. The zero-order chi connectivity index (χ0) is 24.9. The number of carboxylic acids is 1. The molecule has 34 heavy (non-hydrogen) atoms. The predicted molar refractivity (Wildman–Crippen MR) is 141 cm³/mol. The molecule has 4 N–H and O–H groups in total. The number of aromatic carboxylic acids is 1. The summed E-state index contributed by atoms with van der Waals surface area (Å²) in [6.07, 6.45) is 12.5. The molecule has 0 spiro atoms. The minimum Gasteiger partial charge on any atom is -0.477 e. The van der Waals surface area contributed by atoms with Crippen molar-refractivity contribution in [2.75, 3.05) is 18.7 Å². The highest BCUT2D eigenvalue weighted by Gasteiger charge is 2.30. The van der Waals surface area contributed by atoms with Crippen molar-refractivity contribution in [1.29, 1.82) is 0 Å². The van der Waals surface area contributed by atoms with Crippen LogP contribution in [-0.2, 0) is 9.09 Å². The lowest BCUT2D eigenvalue weighted by atomic mass is 10.0. The second-order valence-electron chi connectivity index (χ2n) is 8.09. The number of carbonyl (C=O) groups is 1. The van der Waals surface area contributed by atoms with Crippen molar-refractivity contribution in [3.05, 3.63) is 88.3 Å². The Bertz CT molecular complexity index is 1210. The summed E-state index contributed by atoms with van der Waals surface area (Å²) in [7, 11) is -2.23. The molecule has 7 nitrogen and oxygen atoms in total. The quantitative estimate of drug-likeness (QED) is 0.172. The van der Waals surface area contributed by atoms with Gasteiger partial charge >= 0.3 is 13.5 Å². The van der Waals surface area contributed by atoms with E-state index in [9.17, 15) is 14.5 Å². The predicted octanol–water partition coefficient (Wildman–Crippen LogP) is 5.47. The van der Waals surface area contributed by atoms with Crippen molar-refractivity contribution in [3.63, 3.8) is 0 Å². The molecule has 0 radical (unpaired) electrons. The van der Waals surface area contributed by atoms with E-state index in [0.717, 1.165) is 28.9 Å². The van der Waals surface area contributed by atoms with Gasteiger partial charge in [-0.2, -0.15) is 0 Å². The summed E-state index contributed by atoms with van der Waals surface area (Å²) in [6.45, 7) is 8.26. The monoisotopic (exact) mass is 499 g/mol. The lowest BCUT2D eigenvalue weighted by Gasteiger charge is -2.21. The van der Waals surface area contributed by atoms with Crippen LogP contribution in [-0.4, -0.2) is 29.7 Å². The summed E-state index contributed by atoms with van der Waals surface area (Å²) < 4.78 is 19.1. The number of allylic oxidation sites excluding steroid dienone is 5. The molecule has 0 aliphatic heterocycles. The van der Waals surface area contributed by atoms with Gasteiger partial charge in [-0.15, -0.1) is 11.3 Å². The molecule has 2 aromatic rings. The second kappa shape index (κ2) is 11.0. The van der Waals surface area contributed by atoms with E-state index in [1.54, 1.807) is 29.4 Å². The normalized spacial score (nSPS) is 17.3. The number of hydrogen-bond acceptors (Lipinski definition) is 6. The molecule has 0 saturated carbocycles. The highest BCUT2D eigenvalue weighted by molar-refractivity contribution is 7.68. The fourth-order valence-electron chi connectivity index (χ4n) is 3.76. The zero-order valence-electron chi connectivity index (χ0n) is 19.5. The van der Waals surface area contributed by atoms with Crippen LogP contribution in [0.25, 0.3) is 5.57 Å². The third-order valence-electron chi connectivity index (χ3n) is 5.44. The van der Waals surface area contributed by atoms with E-state index in [0.29, 0.717) is 22.3 Å². The highest BCUT2D eigenvalue weighted by Crippen LogP contribution is 2.48. The van der Waals surface area contributed by atoms with Crippen LogP contribution in [0, 0.1) is 19.8 Å². The Labute approximate surface area is 204 Å². The van der Waals surface area contributed by atoms with Crippen LogP contribution in [0.3, 0.4) is 0 Å². The molecule has 0 saturated heterocycles. The van der Waals surface area contributed by atoms with Crippen LogP contribution < -0.4 is 16.2 Å². The van der Waals surface area contributed by atoms with Gasteiger partial charge in [-0.25, -0.2) is 10.6 Å². The Balaban J connectivity index is 1.93. The lowest BCUT2D eigenvalue weighted by Crippen LogP contribution is -2.30. The molecule has 3 rings (SSSR count). The first-order valence-electron chi connectivity index (χ1n) is 10.7. The maximum absolute atomic E-state index is 13.7. The van der Waals surface area contributed by atoms with Crippen LogP contribution in [0.5, 0.6) is 0 Å². The van der Waals surface area contributed by atoms with Gasteiger partial charge in [-0.3, -0.25) is 4.57 Å². The SMILES string of the molecule is C=C/C(=C\N(N)CC1C=CC=CC1)c1cc(NP(=O)(OC)c2ccc(C)cc2C)c(C(=O)O)s1. The molecule has 1 heterocycles. The second-order valence-corrected chi connectivity index (χ2v) is 11.3. The summed E-state index contributed by atoms with van der Waals surface area (Å²) in [6, 6.07) is 7.14. The van der Waals surface area contributed by atoms with Crippen molar-refractivity contribution >= 4 is 41.4 Å². The molecule has 2 unspecified atom stereocenters. The smallest absolute Gasteiger partial charge is 0.348 e. The minimum atomic E-state index is -3.58. The Morgan fingerprint density at radius 3 is 2.74 bits per heavy atom. The molecule has 1 aromatic heterocycles. The van der Waals surface area contributed by atoms with Gasteiger partial charge < -0.3 is 19.7 Å². The summed E-state index contributed by atoms with van der Waals surface area (Å²) in [5, 5.41) is 14.8. The standard InChI is InChI=1S/C25H30N3O4PS/c1-5-20(16-28(26)15-19-9-7-6-8-10-19)23-14-21(24(34-23)25(29)30)27-33(31,32-4)22-12-11-17(2)13-18(22)3/h5-9,11-14,16,19H,1,10,15,26H2,2-4H3,(H,27,31)(H,29,30)/b20-16+. The van der Waals surface area contributed by atoms with Gasteiger partial charge in [0.2, 0.25) is 0 Å². The molecule has 2 atom stereocenters. The van der Waals surface area contributed by atoms with Crippen molar-refractivity contribution in [1.82, 2.24) is 5.01 Å². The van der Waals surface area contributed by atoms with Gasteiger partial charge in [0.05, 0.1) is 11.0 Å². The fraction of sp³-hybridized carbons (Fsp3) is 0.240. The Morgan fingerprint density at radius 1 is 1.38 bits per heavy atom. The van der Waals surface area contributed by atoms with E-state index in [1.807, 2.05) is 38.1 Å². The zero-order valence-corrected chi connectivity index (χ0v) is 21.2. The molecule has 1 aliphatic carbocycles. The van der Waals surface area contributed by atoms with Gasteiger partial charge in [0.15, 0.2) is 0 Å². The largest absolute Gasteiger partial charge is 0.477 e. The number of thiophene rings is 1. The van der Waals surface area contributed by atoms with E-state index in [4.69, 9.17) is 10.4 Å². The Morgan fingerprint density at radius 2 is 2.15 bits per heavy atom. The van der Waals surface area contributed by atoms with Gasteiger partial charge in [-0.05, 0) is 43.9 Å². The number of hydrogen-bond donors (Lipinski definition) is 3. The van der Waals surface area contributed by atoms with Gasteiger partial charge in [0, 0.05) is 30.3 Å². The number of nitrogens with one attached hydrogen (secondary N) is 1. The van der Waals surface area contributed by atoms with Crippen LogP contribution in [0.15, 0.2) is 67.4 Å². The van der Waals surface area contributed by atoms with Gasteiger partial charge in [0.25, 0.3) is 0 Å². The number of hydrazine groups is 1. The van der Waals surface area contributed by atoms with Gasteiger partial charge in [0.1, 0.15) is 4.88 Å². The number of rotatable bonds is 10. The average Bonchev–Trinajstić information content (AvgIpc) is 3.21. The maximum atomic E-state index is 13.7. The first-order chi connectivity index (χ1) is 16.2. The van der Waals surface area contributed by atoms with E-state index < -0.39 is 13.5 Å². The topological polar surface area (TPSA) is 105 Å². The summed E-state index contributed by atoms with van der Waals surface area (Å²) in [5.41, 5.74) is 2.70. The maximum Gasteiger partial charge on any atom is 0.348 e. The van der Waals surface area contributed by atoms with Crippen molar-refractivity contribution < 1.29 is 19.0 Å². The molecular formula is C25H30N3O4PS. The number of nitrogens with zero attached hydrogens (tertiary/aromatic N) is 1. The number of nitrogens with two attached hydrogens (primary N) is 1. The molecule has 1 aromatic carbocycles. The van der Waals surface area contributed by atoms with Crippen LogP contribution in [0.4, 0.5) is 5.69 Å². The first kappa shape index (κ1) is 25.7. The molecule has 0 bridgehead atoms. The Hall–Kier alpha value is -2.90. The van der Waals surface area contributed by atoms with Crippen LogP contribution in [0.2, 0.25) is 0 Å². The van der Waals surface area contributed by atoms with E-state index in [2.05, 4.69) is 23.8 Å². The summed E-state index contributed by atoms with van der Waals surface area (Å²) >= 11 is 1.06. The number of benzene rings is 1. The summed E-state index contributed by atoms with van der Waals surface area (Å²) in [5.74, 6) is 5.37. The number of carboxylic acid groups (broad SMARTS) is 1. The fourth-order valence-corrected chi connectivity index (χ4v) is 6.49. The van der Waals surface area contributed by atoms with Gasteiger partial charge in [-0.1, -0.05) is 54.7 Å². The molecule has 1 aliphatic rings. The van der Waals surface area contributed by atoms with E-state index in [-0.39, 0.29) is 16.5 Å². The highest BCUT2D eigenvalue weighted by atomic mass is 32.1. The third kappa shape index (κ3) is 5.96. The molecule has 180 valence electrons. The number of anilines is 1. The lowest BCUT2D eigenvalue weighted by molar-refractivity contribution is 0.0703. The minimum absolute atomic E-state index is 0.0220. The first-order valence-corrected chi connectivity index (χ1v) is 13.2. The molecule has 9 heteroatoms. The van der Waals surface area contributed by atoms with Crippen LogP contribution >= 0.6 is 18.9 Å². The van der Waals surface area contributed by atoms with Crippen molar-refractivity contribution in [2.45, 2.75) is 20.3 Å². The number of aryl methyl sites for hydroxylation is 2. The molecular weight excluding hydrogens is 469 g/mol. The van der Waals surface area contributed by atoms with Crippen molar-refractivity contribution in [3.8, 4) is 0 Å². The van der Waals surface area contributed by atoms with Crippen molar-refractivity contribution in [2.24, 2.45) is 11.8 Å². The average molecular weight is 500 g/mol. The van der Waals surface area contributed by atoms with E-state index in [1.165, 1.54) is 7.11 Å². The molecule has 0 fully saturated rings. The van der Waals surface area contributed by atoms with Crippen LogP contribution in [0.1, 0.15) is 32.1 Å². The molecule has 0 amide bonds.